The highest BCUT2D eigenvalue weighted by Crippen LogP contribution is 2.28. The van der Waals surface area contributed by atoms with Crippen LogP contribution in [-0.2, 0) is 16.1 Å². The number of aromatic nitrogens is 4. The van der Waals surface area contributed by atoms with Crippen LogP contribution in [0.15, 0.2) is 53.6 Å². The van der Waals surface area contributed by atoms with E-state index in [1.807, 2.05) is 4.90 Å². The molecule has 2 aromatic heterocycles. The van der Waals surface area contributed by atoms with Gasteiger partial charge in [0, 0.05) is 32.7 Å². The van der Waals surface area contributed by atoms with E-state index in [1.54, 1.807) is 28.8 Å². The molecule has 4 aromatic rings. The summed E-state index contributed by atoms with van der Waals surface area (Å²) in [5.41, 5.74) is 8.15. The number of piperidine rings is 1. The molecular formula is C31H35FN8O5. The Morgan fingerprint density at radius 1 is 1.11 bits per heavy atom. The van der Waals surface area contributed by atoms with Gasteiger partial charge in [-0.25, -0.2) is 19.2 Å². The number of hydrogen-bond donors (Lipinski definition) is 2. The normalized spacial score (nSPS) is 17.4. The lowest BCUT2D eigenvalue weighted by molar-refractivity contribution is -0.135. The first-order chi connectivity index (χ1) is 21.8. The van der Waals surface area contributed by atoms with Gasteiger partial charge in [-0.15, -0.1) is 0 Å². The lowest BCUT2D eigenvalue weighted by Gasteiger charge is -2.35. The Morgan fingerprint density at radius 2 is 1.89 bits per heavy atom. The number of methoxy groups -OCH3 is 1. The third-order valence-corrected chi connectivity index (χ3v) is 8.31. The van der Waals surface area contributed by atoms with E-state index in [0.29, 0.717) is 56.1 Å². The Bertz CT molecular complexity index is 1770. The van der Waals surface area contributed by atoms with Gasteiger partial charge < -0.3 is 25.4 Å². The number of amides is 2. The van der Waals surface area contributed by atoms with E-state index in [-0.39, 0.29) is 41.3 Å². The number of halogens is 1. The van der Waals surface area contributed by atoms with Crippen LogP contribution in [0.1, 0.15) is 34.8 Å². The molecule has 236 valence electrons. The molecule has 3 N–H and O–H groups in total. The van der Waals surface area contributed by atoms with Crippen molar-refractivity contribution in [2.24, 2.45) is 0 Å². The number of fused-ring (bicyclic) bond motifs is 1. The Hall–Kier alpha value is -4.82. The average Bonchev–Trinajstić information content (AvgIpc) is 3.37. The maximum absolute atomic E-state index is 14.1. The molecule has 0 spiro atoms. The Kier molecular flexibility index (Phi) is 8.76. The number of ether oxygens (including phenoxy) is 2. The van der Waals surface area contributed by atoms with Gasteiger partial charge in [-0.3, -0.25) is 23.6 Å². The van der Waals surface area contributed by atoms with Gasteiger partial charge in [-0.1, -0.05) is 12.1 Å². The summed E-state index contributed by atoms with van der Waals surface area (Å²) in [6, 6.07) is 10.5. The molecule has 0 saturated carbocycles. The highest BCUT2D eigenvalue weighted by atomic mass is 19.1. The summed E-state index contributed by atoms with van der Waals surface area (Å²) in [6.07, 6.45) is 2.79. The number of nitrogens with zero attached hydrogens (tertiary/aromatic N) is 6. The summed E-state index contributed by atoms with van der Waals surface area (Å²) >= 11 is 0. The van der Waals surface area contributed by atoms with Gasteiger partial charge >= 0.3 is 5.69 Å². The summed E-state index contributed by atoms with van der Waals surface area (Å²) in [7, 11) is 1.41. The number of anilines is 1. The summed E-state index contributed by atoms with van der Waals surface area (Å²) < 4.78 is 27.4. The number of likely N-dealkylation sites (tertiary alicyclic amines) is 1. The number of hydrogen-bond acceptors (Lipinski definition) is 9. The van der Waals surface area contributed by atoms with Crippen molar-refractivity contribution < 1.29 is 23.5 Å². The van der Waals surface area contributed by atoms with Gasteiger partial charge in [0.2, 0.25) is 5.91 Å². The lowest BCUT2D eigenvalue weighted by Crippen LogP contribution is -2.48. The third kappa shape index (κ3) is 6.24. The van der Waals surface area contributed by atoms with E-state index in [0.717, 1.165) is 31.1 Å². The number of morpholine rings is 1. The first-order valence-electron chi connectivity index (χ1n) is 14.9. The molecule has 14 heteroatoms. The van der Waals surface area contributed by atoms with Crippen LogP contribution in [0.5, 0.6) is 5.75 Å². The van der Waals surface area contributed by atoms with Gasteiger partial charge in [0.05, 0.1) is 44.2 Å². The number of nitrogens with one attached hydrogen (secondary N) is 1. The molecule has 1 unspecified atom stereocenters. The van der Waals surface area contributed by atoms with Crippen molar-refractivity contribution in [3.05, 3.63) is 76.2 Å². The topological polar surface area (TPSA) is 150 Å². The zero-order chi connectivity index (χ0) is 31.5. The highest BCUT2D eigenvalue weighted by molar-refractivity contribution is 5.96. The summed E-state index contributed by atoms with van der Waals surface area (Å²) in [5, 5.41) is 2.77. The molecular weight excluding hydrogens is 583 g/mol. The second-order valence-corrected chi connectivity index (χ2v) is 11.1. The number of nitrogens with two attached hydrogens (primary N) is 1. The molecule has 13 nitrogen and oxygen atoms in total. The van der Waals surface area contributed by atoms with E-state index in [1.165, 1.54) is 30.1 Å². The number of carbonyl (C=O) groups excluding carboxylic acids is 2. The van der Waals surface area contributed by atoms with E-state index < -0.39 is 11.7 Å². The van der Waals surface area contributed by atoms with Crippen molar-refractivity contribution in [3.8, 4) is 11.4 Å². The predicted molar refractivity (Wildman–Crippen MR) is 164 cm³/mol. The minimum atomic E-state index is -0.543. The molecule has 6 rings (SSSR count). The number of nitrogen functional groups attached to an aromatic ring is 1. The number of rotatable bonds is 8. The van der Waals surface area contributed by atoms with Crippen molar-refractivity contribution in [3.63, 3.8) is 0 Å². The minimum Gasteiger partial charge on any atom is -0.496 e. The van der Waals surface area contributed by atoms with Crippen molar-refractivity contribution >= 4 is 28.8 Å². The molecule has 4 heterocycles. The van der Waals surface area contributed by atoms with Crippen LogP contribution < -0.4 is 21.5 Å². The number of imidazole rings is 1. The van der Waals surface area contributed by atoms with Crippen LogP contribution in [0.3, 0.4) is 0 Å². The molecule has 45 heavy (non-hydrogen) atoms. The van der Waals surface area contributed by atoms with Crippen molar-refractivity contribution in [2.45, 2.75) is 25.4 Å². The van der Waals surface area contributed by atoms with Crippen LogP contribution in [0.25, 0.3) is 16.9 Å². The van der Waals surface area contributed by atoms with Gasteiger partial charge in [-0.05, 0) is 48.7 Å². The second kappa shape index (κ2) is 13.0. The van der Waals surface area contributed by atoms with E-state index in [4.69, 9.17) is 15.2 Å². The molecule has 2 amide bonds. The van der Waals surface area contributed by atoms with Crippen LogP contribution >= 0.6 is 0 Å². The second-order valence-electron chi connectivity index (χ2n) is 11.1. The van der Waals surface area contributed by atoms with Crippen LogP contribution in [0.2, 0.25) is 0 Å². The molecule has 2 aliphatic rings. The lowest BCUT2D eigenvalue weighted by atomic mass is 10.1. The summed E-state index contributed by atoms with van der Waals surface area (Å²) in [4.78, 5) is 52.5. The third-order valence-electron chi connectivity index (χ3n) is 8.31. The summed E-state index contributed by atoms with van der Waals surface area (Å²) in [6.45, 7) is 4.19. The smallest absolute Gasteiger partial charge is 0.335 e. The van der Waals surface area contributed by atoms with Crippen molar-refractivity contribution in [1.82, 2.24) is 34.2 Å². The summed E-state index contributed by atoms with van der Waals surface area (Å²) in [5.74, 6) is -0.566. The zero-order valence-corrected chi connectivity index (χ0v) is 24.9. The largest absolute Gasteiger partial charge is 0.496 e. The van der Waals surface area contributed by atoms with Gasteiger partial charge in [0.25, 0.3) is 5.91 Å². The minimum absolute atomic E-state index is 0.0334. The SMILES string of the molecule is COc1ccc(F)cc1C(=O)NCc1ccc(-n2c(=O)n(C3CCCN(C(=O)CN4CCOCC4)C3)c3ncnc(N)c32)cc1. The van der Waals surface area contributed by atoms with Crippen LogP contribution in [0, 0.1) is 5.82 Å². The van der Waals surface area contributed by atoms with E-state index >= 15 is 0 Å². The predicted octanol–water partition coefficient (Wildman–Crippen LogP) is 1.74. The molecule has 1 atom stereocenters. The molecule has 0 aliphatic carbocycles. The fourth-order valence-electron chi connectivity index (χ4n) is 5.98. The van der Waals surface area contributed by atoms with Crippen molar-refractivity contribution in [2.75, 3.05) is 58.8 Å². The quantitative estimate of drug-likeness (QED) is 0.301. The highest BCUT2D eigenvalue weighted by Gasteiger charge is 2.30. The molecule has 2 fully saturated rings. The zero-order valence-electron chi connectivity index (χ0n) is 24.9. The Morgan fingerprint density at radius 3 is 2.64 bits per heavy atom. The molecule has 2 saturated heterocycles. The number of benzene rings is 2. The maximum Gasteiger partial charge on any atom is 0.335 e. The maximum atomic E-state index is 14.1. The first kappa shape index (κ1) is 30.2. The Balaban J connectivity index is 1.23. The van der Waals surface area contributed by atoms with Crippen LogP contribution in [0.4, 0.5) is 10.2 Å². The number of carbonyl (C=O) groups is 2. The van der Waals surface area contributed by atoms with E-state index in [9.17, 15) is 18.8 Å². The van der Waals surface area contributed by atoms with Gasteiger partial charge in [0.15, 0.2) is 11.5 Å². The first-order valence-corrected chi connectivity index (χ1v) is 14.9. The molecule has 0 radical (unpaired) electrons. The van der Waals surface area contributed by atoms with Crippen molar-refractivity contribution in [1.29, 1.82) is 0 Å². The van der Waals surface area contributed by atoms with Gasteiger partial charge in [0.1, 0.15) is 23.4 Å². The fourth-order valence-corrected chi connectivity index (χ4v) is 5.98. The monoisotopic (exact) mass is 618 g/mol. The van der Waals surface area contributed by atoms with E-state index in [2.05, 4.69) is 20.2 Å². The Labute approximate surface area is 258 Å². The molecule has 2 aromatic carbocycles. The standard InChI is InChI=1S/C31H35FN8O5/c1-44-25-9-6-21(32)15-24(25)30(42)34-16-20-4-7-22(8-5-20)39-27-28(33)35-19-36-29(27)40(31(39)43)23-3-2-10-38(17-23)26(41)18-37-11-13-45-14-12-37/h4-9,15,19,23H,2-3,10-14,16-18H2,1H3,(H,34,42)(H2,33,35,36). The van der Waals surface area contributed by atoms with Crippen LogP contribution in [-0.4, -0.2) is 93.8 Å². The van der Waals surface area contributed by atoms with Gasteiger partial charge in [-0.2, -0.15) is 0 Å². The molecule has 0 bridgehead atoms. The fraction of sp³-hybridized carbons (Fsp3) is 0.387. The molecule has 2 aliphatic heterocycles. The average molecular weight is 619 g/mol.